The van der Waals surface area contributed by atoms with Crippen LogP contribution in [0.1, 0.15) is 61.6 Å². The molecule has 18 heteroatoms. The molecule has 0 unspecified atom stereocenters. The van der Waals surface area contributed by atoms with Gasteiger partial charge in [0.25, 0.3) is 0 Å². The molecule has 0 saturated carbocycles. The molecule has 0 aromatic carbocycles. The first kappa shape index (κ1) is 47.9. The third kappa shape index (κ3) is 41.2. The van der Waals surface area contributed by atoms with Crippen LogP contribution < -0.4 is 45.5 Å². The lowest BCUT2D eigenvalue weighted by atomic mass is 10.2. The number of rotatable bonds is 2. The van der Waals surface area contributed by atoms with Gasteiger partial charge in [0.1, 0.15) is 0 Å². The molecule has 12 nitrogen and oxygen atoms in total. The van der Waals surface area contributed by atoms with Crippen LogP contribution in [0.3, 0.4) is 0 Å². The Kier molecular flexibility index (Phi) is 36.7. The summed E-state index contributed by atoms with van der Waals surface area (Å²) >= 11 is 20.4. The summed E-state index contributed by atoms with van der Waals surface area (Å²) in [6.45, 7) is 7.60. The molecule has 0 aliphatic carbocycles. The van der Waals surface area contributed by atoms with Gasteiger partial charge in [0.2, 0.25) is 5.13 Å². The van der Waals surface area contributed by atoms with E-state index in [2.05, 4.69) is 88.0 Å². The van der Waals surface area contributed by atoms with Crippen LogP contribution >= 0.6 is 72.0 Å². The number of thiocarbonyl (C=S) groups is 4. The second-order valence-corrected chi connectivity index (χ2v) is 9.28. The lowest BCUT2D eigenvalue weighted by Gasteiger charge is -1.95. The Hall–Kier alpha value is -2.25. The molecule has 0 radical (unpaired) electrons. The normalized spacial score (nSPS) is 10.1. The minimum atomic E-state index is 0. The number of hydrogen-bond acceptors (Lipinski definition) is 8. The number of nitrogens with two attached hydrogens (primary N) is 7. The van der Waals surface area contributed by atoms with E-state index in [0.717, 1.165) is 10.8 Å². The van der Waals surface area contributed by atoms with Crippen molar-refractivity contribution in [3.05, 3.63) is 11.1 Å². The zero-order chi connectivity index (χ0) is 27.4. The number of nitrogens with zero attached hydrogens (tertiary/aromatic N) is 4. The number of thiazole rings is 1. The first-order valence-electron chi connectivity index (χ1n) is 8.91. The molecule has 37 heavy (non-hydrogen) atoms. The van der Waals surface area contributed by atoms with E-state index < -0.39 is 0 Å². The summed E-state index contributed by atoms with van der Waals surface area (Å²) in [6.07, 6.45) is 1.80. The molecular formula is C19H44N12S6. The maximum atomic E-state index is 5.43. The Morgan fingerprint density at radius 2 is 1.30 bits per heavy atom. The second kappa shape index (κ2) is 28.3. The minimum Gasteiger partial charge on any atom is -0.387 e. The van der Waals surface area contributed by atoms with Gasteiger partial charge in [-0.25, -0.2) is 15.0 Å². The maximum Gasteiger partial charge on any atom is 0.210 e. The highest BCUT2D eigenvalue weighted by Gasteiger charge is 2.03. The molecule has 1 heterocycles. The Labute approximate surface area is 251 Å². The van der Waals surface area contributed by atoms with E-state index in [0.29, 0.717) is 22.8 Å². The van der Waals surface area contributed by atoms with Crippen molar-refractivity contribution in [1.29, 1.82) is 0 Å². The van der Waals surface area contributed by atoms with Crippen LogP contribution in [0, 0.1) is 0 Å². The van der Waals surface area contributed by atoms with Crippen molar-refractivity contribution in [3.8, 4) is 0 Å². The highest BCUT2D eigenvalue weighted by atomic mass is 32.2. The smallest absolute Gasteiger partial charge is 0.210 e. The molecule has 0 amide bonds. The van der Waals surface area contributed by atoms with Gasteiger partial charge in [0, 0.05) is 5.38 Å². The van der Waals surface area contributed by atoms with E-state index in [1.165, 1.54) is 23.1 Å². The van der Waals surface area contributed by atoms with Gasteiger partial charge >= 0.3 is 0 Å². The molecule has 0 atom stereocenters. The number of amidine groups is 3. The molecule has 0 fully saturated rings. The van der Waals surface area contributed by atoms with Gasteiger partial charge in [-0.2, -0.15) is 4.99 Å². The summed E-state index contributed by atoms with van der Waals surface area (Å²) in [6, 6.07) is 0. The van der Waals surface area contributed by atoms with Gasteiger partial charge in [-0.15, -0.1) is 11.3 Å². The van der Waals surface area contributed by atoms with Gasteiger partial charge in [-0.3, -0.25) is 0 Å². The number of nitrogens with one attached hydrogen (secondary N) is 1. The zero-order valence-electron chi connectivity index (χ0n) is 19.4. The van der Waals surface area contributed by atoms with Crippen molar-refractivity contribution in [2.75, 3.05) is 6.26 Å². The minimum absolute atomic E-state index is 0. The summed E-state index contributed by atoms with van der Waals surface area (Å²) in [4.78, 5) is 15.4. The van der Waals surface area contributed by atoms with E-state index in [9.17, 15) is 0 Å². The van der Waals surface area contributed by atoms with E-state index >= 15 is 0 Å². The van der Waals surface area contributed by atoms with E-state index in [4.69, 9.17) is 40.1 Å². The van der Waals surface area contributed by atoms with Gasteiger partial charge in [-0.05, 0) is 74.9 Å². The summed E-state index contributed by atoms with van der Waals surface area (Å²) in [5, 5.41) is 5.87. The highest BCUT2D eigenvalue weighted by molar-refractivity contribution is 8.13. The first-order valence-corrected chi connectivity index (χ1v) is 12.6. The van der Waals surface area contributed by atoms with Gasteiger partial charge < -0.3 is 45.5 Å². The molecule has 1 aromatic heterocycles. The summed E-state index contributed by atoms with van der Waals surface area (Å²) < 4.78 is 0. The molecule has 0 aliphatic rings. The van der Waals surface area contributed by atoms with Gasteiger partial charge in [0.05, 0.1) is 17.4 Å². The van der Waals surface area contributed by atoms with Crippen molar-refractivity contribution in [3.63, 3.8) is 0 Å². The van der Waals surface area contributed by atoms with E-state index in [1.54, 1.807) is 20.1 Å². The quantitative estimate of drug-likeness (QED) is 0.133. The second-order valence-electron chi connectivity index (χ2n) is 5.90. The fourth-order valence-corrected chi connectivity index (χ4v) is 2.87. The topological polar surface area (TPSA) is 244 Å². The molecule has 15 N–H and O–H groups in total. The molecule has 0 aliphatic heterocycles. The monoisotopic (exact) mass is 632 g/mol. The molecule has 216 valence electrons. The average Bonchev–Trinajstić information content (AvgIpc) is 3.08. The van der Waals surface area contributed by atoms with Crippen LogP contribution in [0.4, 0.5) is 5.13 Å². The number of thioether (sulfide) groups is 1. The number of aromatic nitrogens is 1. The summed E-state index contributed by atoms with van der Waals surface area (Å²) in [5.74, 6) is 1.41. The third-order valence-electron chi connectivity index (χ3n) is 2.34. The number of aliphatic imine (C=N–C) groups is 3. The Morgan fingerprint density at radius 1 is 0.865 bits per heavy atom. The van der Waals surface area contributed by atoms with Crippen LogP contribution in [0.5, 0.6) is 0 Å². The average molecular weight is 633 g/mol. The van der Waals surface area contributed by atoms with E-state index in [-0.39, 0.29) is 42.7 Å². The van der Waals surface area contributed by atoms with Crippen LogP contribution in [-0.4, -0.2) is 48.5 Å². The van der Waals surface area contributed by atoms with Crippen LogP contribution in [0.2, 0.25) is 0 Å². The molecule has 0 bridgehead atoms. The van der Waals surface area contributed by atoms with Crippen molar-refractivity contribution in [2.45, 2.75) is 55.9 Å². The lowest BCUT2D eigenvalue weighted by molar-refractivity contribution is 0.833. The van der Waals surface area contributed by atoms with Crippen LogP contribution in [0.15, 0.2) is 20.4 Å². The first-order chi connectivity index (χ1) is 15.5. The van der Waals surface area contributed by atoms with Gasteiger partial charge in [0.15, 0.2) is 25.6 Å². The van der Waals surface area contributed by atoms with Crippen molar-refractivity contribution in [2.24, 2.45) is 55.1 Å². The fraction of sp³-hybridized carbons (Fsp3) is 0.474. The maximum absolute atomic E-state index is 5.43. The molecule has 1 rings (SSSR count). The zero-order valence-corrected chi connectivity index (χ0v) is 24.3. The largest absolute Gasteiger partial charge is 0.387 e. The van der Waals surface area contributed by atoms with E-state index in [1.807, 2.05) is 5.38 Å². The predicted molar refractivity (Wildman–Crippen MR) is 186 cm³/mol. The molecule has 0 saturated heterocycles. The van der Waals surface area contributed by atoms with Crippen LogP contribution in [0.25, 0.3) is 0 Å². The van der Waals surface area contributed by atoms with Gasteiger partial charge in [-0.1, -0.05) is 47.9 Å². The third-order valence-corrected chi connectivity index (χ3v) is 3.98. The predicted octanol–water partition coefficient (Wildman–Crippen LogP) is 2.76. The highest BCUT2D eigenvalue weighted by Crippen LogP contribution is 2.23. The standard InChI is InChI=1S/C8H13N3S.C3H7N3S2.C3H7N3S.C2H5N3S2.3CH4/c1-5(2)7-4-12-8(11-7)10-6(3)9;1-8-3(5)6-2(4)7;1-2(4)6-3(5)7;3-1(6)5-2(4)7;;;/h4-5H,1-3H3,(H2,9,10,11);1H3,(H4,4,5,6,7);1H3,(H4,4,5,6,7);(H5,3,4,5,6,7);3*1H4. The lowest BCUT2D eigenvalue weighted by Crippen LogP contribution is -2.38. The summed E-state index contributed by atoms with van der Waals surface area (Å²) in [5.41, 5.74) is 36.7. The fourth-order valence-electron chi connectivity index (χ4n) is 1.19. The van der Waals surface area contributed by atoms with Crippen LogP contribution in [-0.2, 0) is 0 Å². The molecule has 1 aromatic rings. The molecule has 0 spiro atoms. The summed E-state index contributed by atoms with van der Waals surface area (Å²) in [7, 11) is 0. The Morgan fingerprint density at radius 3 is 1.46 bits per heavy atom. The van der Waals surface area contributed by atoms with Crippen molar-refractivity contribution < 1.29 is 0 Å². The Balaban J connectivity index is -0.0000000869. The SMILES string of the molecule is C.C.C.CC(N)=NC(N)=S.CC(N)=Nc1nc(C(C)C)cs1.CSC(N)=NC(N)=S.NC(=S)NC(N)=S. The molecular weight excluding hydrogens is 589 g/mol. The number of hydrogen-bond donors (Lipinski definition) is 8. The van der Waals surface area contributed by atoms with Crippen molar-refractivity contribution >= 4 is 114 Å². The van der Waals surface area contributed by atoms with Crippen molar-refractivity contribution in [1.82, 2.24) is 10.3 Å². The Bertz CT molecular complexity index is 874.